The number of anilines is 10. The number of hydrogen-bond acceptors (Lipinski definition) is 24. The minimum Gasteiger partial charge on any atom is -0.550 e. The van der Waals surface area contributed by atoms with Crippen molar-refractivity contribution in [2.24, 2.45) is 0 Å². The minimum atomic E-state index is -1.53. The van der Waals surface area contributed by atoms with E-state index in [2.05, 4.69) is 40.5 Å². The van der Waals surface area contributed by atoms with Crippen LogP contribution in [-0.4, -0.2) is 105 Å². The standard InChI is InChI=1S/C46H44N12O12.6Na/c59-35(60)17-19-47-41-49-43-53-44(50-41)57(25-39(67)68)33-13-5-29(6-14-33)22-30-7-15-34(16-8-30)58(26-40(69)70)46-52-42(48-20-18-36(61)62)51-45(54-46)56(24-38(65)66)32-11-3-28(4-12-32)21-27-1-9-31(10-2-27)55(43)23-37(63)64;;;;;;/h1-16H,17-26H2,(H,59,60)(H,61,62)(H,63,64)(H,65,66)(H,67,68)(H,69,70)(H,47,49,50,53)(H,48,51,52,54);;;;;;/q;6*+1/p-6. The molecule has 0 atom stereocenters. The Morgan fingerprint density at radius 3 is 0.737 bits per heavy atom. The number of carbonyl (C=O) groups is 6. The minimum absolute atomic E-state index is 0. The molecule has 0 amide bonds. The second-order valence-electron chi connectivity index (χ2n) is 15.5. The van der Waals surface area contributed by atoms with Crippen LogP contribution in [0.4, 0.5) is 58.4 Å². The summed E-state index contributed by atoms with van der Waals surface area (Å²) < 4.78 is 0. The van der Waals surface area contributed by atoms with E-state index in [0.717, 1.165) is 22.3 Å². The zero-order valence-corrected chi connectivity index (χ0v) is 54.7. The van der Waals surface area contributed by atoms with Gasteiger partial charge in [0.2, 0.25) is 35.7 Å². The number of rotatable bonds is 16. The van der Waals surface area contributed by atoms with Crippen LogP contribution in [0.15, 0.2) is 97.1 Å². The molecule has 9 heterocycles. The maximum Gasteiger partial charge on any atom is 1.00 e. The van der Waals surface area contributed by atoms with E-state index >= 15 is 0 Å². The van der Waals surface area contributed by atoms with Crippen molar-refractivity contribution < 1.29 is 237 Å². The summed E-state index contributed by atoms with van der Waals surface area (Å²) in [7, 11) is 0. The summed E-state index contributed by atoms with van der Waals surface area (Å²) in [6.07, 6.45) is -0.305. The van der Waals surface area contributed by atoms with Crippen molar-refractivity contribution in [2.45, 2.75) is 25.7 Å². The Balaban J connectivity index is 0.00000481. The second-order valence-corrected chi connectivity index (χ2v) is 15.5. The monoisotopic (exact) mass is 1090 g/mol. The molecular formula is C46H38N12Na6O12. The van der Waals surface area contributed by atoms with Crippen molar-refractivity contribution in [3.8, 4) is 0 Å². The van der Waals surface area contributed by atoms with Crippen molar-refractivity contribution in [1.29, 1.82) is 0 Å². The number of carbonyl (C=O) groups excluding carboxylic acids is 6. The van der Waals surface area contributed by atoms with Gasteiger partial charge < -0.3 is 89.6 Å². The van der Waals surface area contributed by atoms with Crippen molar-refractivity contribution in [3.05, 3.63) is 119 Å². The molecule has 6 aromatic rings. The number of carboxylic acids is 6. The van der Waals surface area contributed by atoms with Crippen molar-refractivity contribution >= 4 is 94.3 Å². The molecular weight excluding hydrogens is 1050 g/mol. The second kappa shape index (κ2) is 33.8. The summed E-state index contributed by atoms with van der Waals surface area (Å²) in [5.41, 5.74) is 3.96. The van der Waals surface area contributed by atoms with E-state index in [1.54, 1.807) is 97.1 Å². The number of nitrogens with one attached hydrogen (secondary N) is 2. The van der Waals surface area contributed by atoms with E-state index in [-0.39, 0.29) is 249 Å². The van der Waals surface area contributed by atoms with Gasteiger partial charge in [0.1, 0.15) is 0 Å². The van der Waals surface area contributed by atoms with Crippen LogP contribution >= 0.6 is 0 Å². The Labute approximate surface area is 567 Å². The topological polar surface area (TPSA) is 355 Å². The first-order valence-electron chi connectivity index (χ1n) is 21.2. The third-order valence-electron chi connectivity index (χ3n) is 10.4. The largest absolute Gasteiger partial charge is 1.00 e. The Hall–Kier alpha value is -3.48. The third-order valence-corrected chi connectivity index (χ3v) is 10.4. The van der Waals surface area contributed by atoms with E-state index in [1.807, 2.05) is 0 Å². The molecule has 0 fully saturated rings. The number of aromatic nitrogens is 6. The van der Waals surface area contributed by atoms with Crippen LogP contribution in [0.1, 0.15) is 35.1 Å². The molecule has 0 saturated heterocycles. The van der Waals surface area contributed by atoms with Crippen LogP contribution in [0.2, 0.25) is 0 Å². The first-order chi connectivity index (χ1) is 33.6. The maximum absolute atomic E-state index is 12.2. The fraction of sp³-hybridized carbons (Fsp3) is 0.217. The summed E-state index contributed by atoms with van der Waals surface area (Å²) in [6, 6.07) is 26.2. The van der Waals surface area contributed by atoms with Gasteiger partial charge in [-0.3, -0.25) is 0 Å². The van der Waals surface area contributed by atoms with Gasteiger partial charge in [0.15, 0.2) is 0 Å². The Kier molecular flexibility index (Phi) is 31.4. The number of carboxylic acid groups (broad SMARTS) is 6. The van der Waals surface area contributed by atoms with Gasteiger partial charge in [0.05, 0.1) is 50.1 Å². The molecule has 0 unspecified atom stereocenters. The van der Waals surface area contributed by atoms with Crippen LogP contribution in [0.25, 0.3) is 0 Å². The molecule has 0 radical (unpaired) electrons. The van der Waals surface area contributed by atoms with Gasteiger partial charge in [-0.1, -0.05) is 48.5 Å². The molecule has 7 aliphatic rings. The van der Waals surface area contributed by atoms with E-state index in [4.69, 9.17) is 0 Å². The van der Waals surface area contributed by atoms with Crippen molar-refractivity contribution in [3.63, 3.8) is 0 Å². The summed E-state index contributed by atoms with van der Waals surface area (Å²) in [5, 5.41) is 76.9. The van der Waals surface area contributed by atoms with E-state index in [9.17, 15) is 59.4 Å². The van der Waals surface area contributed by atoms with Gasteiger partial charge in [0.25, 0.3) is 0 Å². The quantitative estimate of drug-likeness (QED) is 0.0850. The fourth-order valence-corrected chi connectivity index (χ4v) is 7.17. The number of hydrogen-bond donors (Lipinski definition) is 2. The zero-order chi connectivity index (χ0) is 49.9. The van der Waals surface area contributed by atoms with E-state index < -0.39 is 74.8 Å². The first kappa shape index (κ1) is 70.5. The van der Waals surface area contributed by atoms with E-state index in [0.29, 0.717) is 12.8 Å². The maximum atomic E-state index is 12.2. The molecule has 0 spiro atoms. The third kappa shape index (κ3) is 20.6. The number of benzene rings is 4. The molecule has 12 bridgehead atoms. The Bertz CT molecular complexity index is 2560. The molecule has 360 valence electrons. The number of aliphatic carboxylic acids is 6. The molecule has 0 saturated carbocycles. The summed E-state index contributed by atoms with van der Waals surface area (Å²) >= 11 is 0. The summed E-state index contributed by atoms with van der Waals surface area (Å²) in [5.74, 6) is -10.4. The van der Waals surface area contributed by atoms with Crippen molar-refractivity contribution in [2.75, 3.05) is 69.5 Å². The molecule has 2 N–H and O–H groups in total. The molecule has 7 aliphatic heterocycles. The van der Waals surface area contributed by atoms with E-state index in [1.165, 1.54) is 19.6 Å². The smallest absolute Gasteiger partial charge is 0.550 e. The summed E-state index contributed by atoms with van der Waals surface area (Å²) in [6.45, 7) is -3.56. The predicted molar refractivity (Wildman–Crippen MR) is 235 cm³/mol. The molecule has 13 rings (SSSR count). The predicted octanol–water partition coefficient (Wildman–Crippen LogP) is -21.8. The first-order valence-corrected chi connectivity index (χ1v) is 21.2. The molecule has 4 aromatic carbocycles. The average molecular weight is 1090 g/mol. The van der Waals surface area contributed by atoms with Crippen LogP contribution in [0.3, 0.4) is 0 Å². The van der Waals surface area contributed by atoms with Gasteiger partial charge in [-0.25, -0.2) is 0 Å². The molecule has 24 nitrogen and oxygen atoms in total. The molecule has 30 heteroatoms. The van der Waals surface area contributed by atoms with Crippen LogP contribution < -0.4 is 238 Å². The Morgan fingerprint density at radius 1 is 0.342 bits per heavy atom. The molecule has 2 aromatic heterocycles. The van der Waals surface area contributed by atoms with Gasteiger partial charge in [-0.05, 0) is 83.6 Å². The van der Waals surface area contributed by atoms with Gasteiger partial charge >= 0.3 is 177 Å². The van der Waals surface area contributed by atoms with Gasteiger partial charge in [-0.15, -0.1) is 0 Å². The normalized spacial score (nSPS) is 11.4. The average Bonchev–Trinajstić information content (AvgIpc) is 3.31. The van der Waals surface area contributed by atoms with Crippen LogP contribution in [0, 0.1) is 0 Å². The SMILES string of the molecule is O=C([O-])CCNc1nc2nc(n1)N(CC(=O)[O-])c1ccc(cc1)Cc1ccc(cc1)N(CC(=O)[O-])c1nc(NCCC(=O)[O-])nc(n1)N(CC(=O)[O-])c1ccc(cc1)Cc1ccc(cc1)N2CC(=O)[O-].[Na+].[Na+].[Na+].[Na+].[Na+].[Na+]. The van der Waals surface area contributed by atoms with Crippen molar-refractivity contribution in [1.82, 2.24) is 29.9 Å². The zero-order valence-electron chi connectivity index (χ0n) is 42.7. The van der Waals surface area contributed by atoms with Crippen LogP contribution in [0.5, 0.6) is 0 Å². The fourth-order valence-electron chi connectivity index (χ4n) is 7.17. The summed E-state index contributed by atoms with van der Waals surface area (Å²) in [4.78, 5) is 103. The van der Waals surface area contributed by atoms with Gasteiger partial charge in [-0.2, -0.15) is 29.9 Å². The van der Waals surface area contributed by atoms with Gasteiger partial charge in [0, 0.05) is 60.6 Å². The molecule has 76 heavy (non-hydrogen) atoms. The number of nitrogens with zero attached hydrogens (tertiary/aromatic N) is 10. The van der Waals surface area contributed by atoms with Crippen LogP contribution in [-0.2, 0) is 41.6 Å². The molecule has 0 aliphatic carbocycles. The Morgan fingerprint density at radius 2 is 0.553 bits per heavy atom.